The number of carbonyl (C=O) groups excluding carboxylic acids is 4. The van der Waals surface area contributed by atoms with Crippen molar-refractivity contribution < 1.29 is 19.2 Å². The highest BCUT2D eigenvalue weighted by molar-refractivity contribution is 8.14. The van der Waals surface area contributed by atoms with Gasteiger partial charge in [-0.05, 0) is 43.3 Å². The Kier molecular flexibility index (Phi) is 15.6. The third-order valence-corrected chi connectivity index (χ3v) is 6.32. The number of hydrogen-bond acceptors (Lipinski definition) is 7. The van der Waals surface area contributed by atoms with Crippen LogP contribution in [-0.2, 0) is 19.2 Å². The van der Waals surface area contributed by atoms with Crippen LogP contribution in [0.15, 0.2) is 40.3 Å². The molecule has 2 N–H and O–H groups in total. The molecule has 0 saturated heterocycles. The van der Waals surface area contributed by atoms with Gasteiger partial charge in [0.15, 0.2) is 5.12 Å². The lowest BCUT2D eigenvalue weighted by Crippen LogP contribution is -2.40. The van der Waals surface area contributed by atoms with Crippen molar-refractivity contribution in [2.24, 2.45) is 5.11 Å². The van der Waals surface area contributed by atoms with Gasteiger partial charge in [0.1, 0.15) is 0 Å². The lowest BCUT2D eigenvalue weighted by atomic mass is 10.1. The van der Waals surface area contributed by atoms with Gasteiger partial charge >= 0.3 is 0 Å². The fourth-order valence-electron chi connectivity index (χ4n) is 2.65. The van der Waals surface area contributed by atoms with E-state index in [1.165, 1.54) is 0 Å². The molecular weight excluding hydrogens is 462 g/mol. The fourth-order valence-corrected chi connectivity index (χ4v) is 4.18. The van der Waals surface area contributed by atoms with Crippen LogP contribution in [0.5, 0.6) is 0 Å². The van der Waals surface area contributed by atoms with E-state index in [0.717, 1.165) is 41.3 Å². The van der Waals surface area contributed by atoms with E-state index in [1.54, 1.807) is 0 Å². The average Bonchev–Trinajstić information content (AvgIpc) is 2.81. The number of nitrogens with one attached hydrogen (secondary N) is 2. The smallest absolute Gasteiger partial charge is 0.230 e. The van der Waals surface area contributed by atoms with Crippen molar-refractivity contribution in [3.05, 3.63) is 40.8 Å². The van der Waals surface area contributed by atoms with Gasteiger partial charge in [-0.15, -0.1) is 0 Å². The van der Waals surface area contributed by atoms with E-state index in [0.29, 0.717) is 25.9 Å². The minimum atomic E-state index is -0.858. The molecule has 0 bridgehead atoms. The second-order valence-electron chi connectivity index (χ2n) is 7.17. The molecule has 0 saturated carbocycles. The molecule has 0 aliphatic carbocycles. The molecule has 0 aliphatic heterocycles. The Hall–Kier alpha value is -2.49. The summed E-state index contributed by atoms with van der Waals surface area (Å²) in [4.78, 5) is 52.7. The van der Waals surface area contributed by atoms with E-state index >= 15 is 0 Å². The summed E-state index contributed by atoms with van der Waals surface area (Å²) in [7, 11) is 0. The molecule has 1 atom stereocenters. The molecule has 1 aromatic carbocycles. The zero-order valence-corrected chi connectivity index (χ0v) is 20.5. The Morgan fingerprint density at radius 2 is 1.82 bits per heavy atom. The normalized spacial score (nSPS) is 11.2. The van der Waals surface area contributed by atoms with Crippen LogP contribution in [0.2, 0.25) is 0 Å². The van der Waals surface area contributed by atoms with Crippen LogP contribution in [0.3, 0.4) is 0 Å². The molecule has 0 unspecified atom stereocenters. The van der Waals surface area contributed by atoms with Gasteiger partial charge in [0.05, 0.1) is 11.8 Å². The summed E-state index contributed by atoms with van der Waals surface area (Å²) in [5.74, 6) is -0.584. The van der Waals surface area contributed by atoms with Gasteiger partial charge in [-0.25, -0.2) is 0 Å². The van der Waals surface area contributed by atoms with Crippen molar-refractivity contribution in [2.75, 3.05) is 18.8 Å². The summed E-state index contributed by atoms with van der Waals surface area (Å²) in [6, 6.07) is 8.34. The molecular formula is C22H31N5O4S2. The molecule has 0 radical (unpaired) electrons. The Balaban J connectivity index is 2.59. The number of hydrogen-bond donors (Lipinski definition) is 2. The summed E-state index contributed by atoms with van der Waals surface area (Å²) in [5.41, 5.74) is 8.28. The Morgan fingerprint density at radius 3 is 2.52 bits per heavy atom. The van der Waals surface area contributed by atoms with Gasteiger partial charge in [-0.3, -0.25) is 19.2 Å². The van der Waals surface area contributed by atoms with Crippen molar-refractivity contribution >= 4 is 45.6 Å². The quantitative estimate of drug-likeness (QED) is 0.116. The van der Waals surface area contributed by atoms with E-state index in [-0.39, 0.29) is 47.1 Å². The van der Waals surface area contributed by atoms with E-state index in [1.807, 2.05) is 37.3 Å². The molecule has 0 aromatic heterocycles. The van der Waals surface area contributed by atoms with Gasteiger partial charge in [-0.2, -0.15) is 0 Å². The number of carbonyl (C=O) groups is 4. The van der Waals surface area contributed by atoms with Crippen molar-refractivity contribution in [3.63, 3.8) is 0 Å². The van der Waals surface area contributed by atoms with Crippen molar-refractivity contribution in [2.45, 2.75) is 62.8 Å². The fraction of sp³-hybridized carbons (Fsp3) is 0.545. The van der Waals surface area contributed by atoms with Crippen LogP contribution in [-0.4, -0.2) is 46.9 Å². The number of rotatable bonds is 16. The minimum absolute atomic E-state index is 0.0339. The van der Waals surface area contributed by atoms with E-state index in [2.05, 4.69) is 20.7 Å². The highest BCUT2D eigenvalue weighted by atomic mass is 32.2. The molecule has 2 amide bonds. The van der Waals surface area contributed by atoms with Gasteiger partial charge in [0, 0.05) is 35.7 Å². The Bertz CT molecular complexity index is 816. The first-order valence-corrected chi connectivity index (χ1v) is 12.8. The van der Waals surface area contributed by atoms with E-state index in [4.69, 9.17) is 5.53 Å². The molecule has 1 aromatic rings. The first-order valence-electron chi connectivity index (χ1n) is 11.0. The maximum absolute atomic E-state index is 12.7. The van der Waals surface area contributed by atoms with E-state index in [9.17, 15) is 19.2 Å². The van der Waals surface area contributed by atoms with Crippen LogP contribution in [0.4, 0.5) is 0 Å². The predicted octanol–water partition coefficient (Wildman–Crippen LogP) is 4.23. The van der Waals surface area contributed by atoms with Crippen LogP contribution >= 0.6 is 23.5 Å². The Morgan fingerprint density at radius 1 is 1.06 bits per heavy atom. The zero-order valence-electron chi connectivity index (χ0n) is 18.8. The summed E-state index contributed by atoms with van der Waals surface area (Å²) in [5, 5.41) is 8.42. The average molecular weight is 494 g/mol. The lowest BCUT2D eigenvalue weighted by molar-refractivity contribution is -0.125. The highest BCUT2D eigenvalue weighted by Crippen LogP contribution is 2.21. The molecule has 180 valence electrons. The van der Waals surface area contributed by atoms with E-state index < -0.39 is 6.04 Å². The first kappa shape index (κ1) is 28.5. The lowest BCUT2D eigenvalue weighted by Gasteiger charge is -2.17. The monoisotopic (exact) mass is 493 g/mol. The van der Waals surface area contributed by atoms with Crippen molar-refractivity contribution in [1.29, 1.82) is 0 Å². The topological polar surface area (TPSA) is 141 Å². The summed E-state index contributed by atoms with van der Waals surface area (Å²) in [6.45, 7) is 2.89. The van der Waals surface area contributed by atoms with Crippen molar-refractivity contribution in [1.82, 2.24) is 10.6 Å². The SMILES string of the molecule is CCCCNC(=O)CSC(=O)[C@H](CCC(=O)Sc1ccccc1)NC(=O)CCCCN=[N+]=[N-]. The van der Waals surface area contributed by atoms with Crippen LogP contribution in [0.1, 0.15) is 51.9 Å². The summed E-state index contributed by atoms with van der Waals surface area (Å²) >= 11 is 1.94. The number of unbranched alkanes of at least 4 members (excludes halogenated alkanes) is 2. The van der Waals surface area contributed by atoms with Crippen LogP contribution in [0, 0.1) is 0 Å². The van der Waals surface area contributed by atoms with Gasteiger partial charge in [0.2, 0.25) is 16.9 Å². The molecule has 9 nitrogen and oxygen atoms in total. The molecule has 0 heterocycles. The third kappa shape index (κ3) is 14.3. The summed E-state index contributed by atoms with van der Waals surface area (Å²) in [6.07, 6.45) is 3.35. The number of nitrogens with zero attached hydrogens (tertiary/aromatic N) is 3. The van der Waals surface area contributed by atoms with Crippen LogP contribution in [0.25, 0.3) is 10.4 Å². The molecule has 0 spiro atoms. The number of thioether (sulfide) groups is 2. The van der Waals surface area contributed by atoms with Crippen molar-refractivity contribution in [3.8, 4) is 0 Å². The minimum Gasteiger partial charge on any atom is -0.355 e. The van der Waals surface area contributed by atoms with Crippen LogP contribution < -0.4 is 10.6 Å². The molecule has 11 heteroatoms. The molecule has 1 rings (SSSR count). The summed E-state index contributed by atoms with van der Waals surface area (Å²) < 4.78 is 0. The number of azide groups is 1. The van der Waals surface area contributed by atoms with Gasteiger partial charge in [0.25, 0.3) is 0 Å². The zero-order chi connectivity index (χ0) is 24.3. The molecule has 0 fully saturated rings. The largest absolute Gasteiger partial charge is 0.355 e. The maximum atomic E-state index is 12.7. The van der Waals surface area contributed by atoms with Gasteiger partial charge in [-0.1, -0.05) is 60.2 Å². The maximum Gasteiger partial charge on any atom is 0.230 e. The predicted molar refractivity (Wildman–Crippen MR) is 132 cm³/mol. The third-order valence-electron chi connectivity index (χ3n) is 4.40. The number of benzene rings is 1. The highest BCUT2D eigenvalue weighted by Gasteiger charge is 2.23. The second-order valence-corrected chi connectivity index (χ2v) is 9.28. The first-order chi connectivity index (χ1) is 16.0. The Labute approximate surface area is 202 Å². The standard InChI is InChI=1S/C22H31N5O4S2/c1-2-3-14-24-20(29)16-32-22(31)18(26-19(28)11-7-8-15-25-27-23)12-13-21(30)33-17-9-5-4-6-10-17/h4-6,9-10,18H,2-3,7-8,11-16H2,1H3,(H,24,29)(H,26,28)/t18-/m0/s1. The number of amides is 2. The van der Waals surface area contributed by atoms with Gasteiger partial charge < -0.3 is 10.6 Å². The second kappa shape index (κ2) is 18.0. The molecule has 33 heavy (non-hydrogen) atoms. The molecule has 0 aliphatic rings.